The summed E-state index contributed by atoms with van der Waals surface area (Å²) in [5, 5.41) is 10.3. The van der Waals surface area contributed by atoms with E-state index in [2.05, 4.69) is 0 Å². The summed E-state index contributed by atoms with van der Waals surface area (Å²) in [6, 6.07) is 17.9. The van der Waals surface area contributed by atoms with Gasteiger partial charge in [0, 0.05) is 5.92 Å². The van der Waals surface area contributed by atoms with Crippen LogP contribution in [0.2, 0.25) is 0 Å². The maximum atomic E-state index is 10.3. The minimum Gasteiger partial charge on any atom is -0.497 e. The number of methoxy groups -OCH3 is 1. The normalized spacial score (nSPS) is 14.2. The SMILES string of the molecule is COc1ccc(COC[C@H](C)C(O)/C=C(\C)c2ccccc2)cc1. The van der Waals surface area contributed by atoms with Crippen molar-refractivity contribution in [3.63, 3.8) is 0 Å². The summed E-state index contributed by atoms with van der Waals surface area (Å²) < 4.78 is 10.9. The average Bonchev–Trinajstić information content (AvgIpc) is 2.62. The Labute approximate surface area is 144 Å². The number of benzene rings is 2. The second-order valence-electron chi connectivity index (χ2n) is 6.05. The Kier molecular flexibility index (Phi) is 7.04. The second-order valence-corrected chi connectivity index (χ2v) is 6.05. The van der Waals surface area contributed by atoms with Gasteiger partial charge in [0.05, 0.1) is 26.4 Å². The molecule has 3 heteroatoms. The second kappa shape index (κ2) is 9.26. The van der Waals surface area contributed by atoms with Gasteiger partial charge in [0.15, 0.2) is 0 Å². The van der Waals surface area contributed by atoms with Crippen LogP contribution in [0, 0.1) is 5.92 Å². The van der Waals surface area contributed by atoms with Crippen molar-refractivity contribution < 1.29 is 14.6 Å². The van der Waals surface area contributed by atoms with Gasteiger partial charge in [-0.1, -0.05) is 55.5 Å². The van der Waals surface area contributed by atoms with Crippen molar-refractivity contribution in [2.24, 2.45) is 5.92 Å². The van der Waals surface area contributed by atoms with E-state index < -0.39 is 6.10 Å². The van der Waals surface area contributed by atoms with Gasteiger partial charge in [-0.05, 0) is 35.8 Å². The van der Waals surface area contributed by atoms with Crippen LogP contribution in [-0.2, 0) is 11.3 Å². The summed E-state index contributed by atoms with van der Waals surface area (Å²) >= 11 is 0. The van der Waals surface area contributed by atoms with E-state index in [0.717, 1.165) is 22.4 Å². The van der Waals surface area contributed by atoms with Gasteiger partial charge >= 0.3 is 0 Å². The minimum atomic E-state index is -0.527. The zero-order chi connectivity index (χ0) is 17.4. The third-order valence-electron chi connectivity index (χ3n) is 4.04. The number of rotatable bonds is 8. The highest BCUT2D eigenvalue weighted by Crippen LogP contribution is 2.17. The third kappa shape index (κ3) is 5.52. The highest BCUT2D eigenvalue weighted by molar-refractivity contribution is 5.63. The van der Waals surface area contributed by atoms with E-state index in [1.54, 1.807) is 7.11 Å². The molecular weight excluding hydrogens is 300 g/mol. The van der Waals surface area contributed by atoms with Crippen LogP contribution in [0.25, 0.3) is 5.57 Å². The van der Waals surface area contributed by atoms with Gasteiger partial charge in [0.25, 0.3) is 0 Å². The first-order valence-electron chi connectivity index (χ1n) is 8.22. The molecule has 0 spiro atoms. The standard InChI is InChI=1S/C21H26O3/c1-16(19-7-5-4-6-8-19)13-21(22)17(2)14-24-15-18-9-11-20(23-3)12-10-18/h4-13,17,21-22H,14-15H2,1-3H3/b16-13+/t17-,21?/m0/s1. The number of allylic oxidation sites excluding steroid dienone is 1. The summed E-state index contributed by atoms with van der Waals surface area (Å²) in [5.74, 6) is 0.867. The Balaban J connectivity index is 1.81. The Morgan fingerprint density at radius 2 is 1.75 bits per heavy atom. The van der Waals surface area contributed by atoms with Crippen LogP contribution in [0.3, 0.4) is 0 Å². The van der Waals surface area contributed by atoms with Crippen LogP contribution in [0.15, 0.2) is 60.7 Å². The van der Waals surface area contributed by atoms with E-state index in [0.29, 0.717) is 13.2 Å². The lowest BCUT2D eigenvalue weighted by Crippen LogP contribution is -2.20. The molecular formula is C21H26O3. The van der Waals surface area contributed by atoms with Crippen molar-refractivity contribution in [3.05, 3.63) is 71.8 Å². The highest BCUT2D eigenvalue weighted by Gasteiger charge is 2.12. The fraction of sp³-hybridized carbons (Fsp3) is 0.333. The maximum Gasteiger partial charge on any atom is 0.118 e. The number of ether oxygens (including phenoxy) is 2. The van der Waals surface area contributed by atoms with Gasteiger partial charge < -0.3 is 14.6 Å². The van der Waals surface area contributed by atoms with Gasteiger partial charge in [0.1, 0.15) is 5.75 Å². The quantitative estimate of drug-likeness (QED) is 0.785. The molecule has 24 heavy (non-hydrogen) atoms. The monoisotopic (exact) mass is 326 g/mol. The van der Waals surface area contributed by atoms with Crippen molar-refractivity contribution in [1.82, 2.24) is 0 Å². The van der Waals surface area contributed by atoms with Crippen molar-refractivity contribution in [3.8, 4) is 5.75 Å². The molecule has 0 bridgehead atoms. The Morgan fingerprint density at radius 3 is 2.38 bits per heavy atom. The first kappa shape index (κ1) is 18.2. The number of hydrogen-bond donors (Lipinski definition) is 1. The van der Waals surface area contributed by atoms with E-state index in [1.807, 2.05) is 74.5 Å². The lowest BCUT2D eigenvalue weighted by Gasteiger charge is -2.17. The summed E-state index contributed by atoms with van der Waals surface area (Å²) in [7, 11) is 1.65. The summed E-state index contributed by atoms with van der Waals surface area (Å²) in [6.45, 7) is 5.05. The van der Waals surface area contributed by atoms with Crippen molar-refractivity contribution >= 4 is 5.57 Å². The topological polar surface area (TPSA) is 38.7 Å². The minimum absolute atomic E-state index is 0.0295. The third-order valence-corrected chi connectivity index (χ3v) is 4.04. The van der Waals surface area contributed by atoms with E-state index in [4.69, 9.17) is 9.47 Å². The number of aliphatic hydroxyl groups excluding tert-OH is 1. The molecule has 0 saturated carbocycles. The molecule has 0 radical (unpaired) electrons. The molecule has 0 aliphatic carbocycles. The predicted octanol–water partition coefficient (Wildman–Crippen LogP) is 4.31. The molecule has 0 saturated heterocycles. The average molecular weight is 326 g/mol. The molecule has 0 heterocycles. The van der Waals surface area contributed by atoms with Crippen LogP contribution in [-0.4, -0.2) is 24.9 Å². The fourth-order valence-electron chi connectivity index (χ4n) is 2.40. The molecule has 2 rings (SSSR count). The van der Waals surface area contributed by atoms with Crippen molar-refractivity contribution in [1.29, 1.82) is 0 Å². The van der Waals surface area contributed by atoms with Crippen molar-refractivity contribution in [2.45, 2.75) is 26.6 Å². The smallest absolute Gasteiger partial charge is 0.118 e. The molecule has 0 fully saturated rings. The van der Waals surface area contributed by atoms with Gasteiger partial charge in [-0.25, -0.2) is 0 Å². The summed E-state index contributed by atoms with van der Waals surface area (Å²) in [6.07, 6.45) is 1.37. The van der Waals surface area contributed by atoms with Crippen LogP contribution < -0.4 is 4.74 Å². The zero-order valence-electron chi connectivity index (χ0n) is 14.6. The van der Waals surface area contributed by atoms with Gasteiger partial charge in [-0.15, -0.1) is 0 Å². The van der Waals surface area contributed by atoms with Crippen LogP contribution in [0.5, 0.6) is 5.75 Å². The fourth-order valence-corrected chi connectivity index (χ4v) is 2.40. The molecule has 2 aromatic rings. The van der Waals surface area contributed by atoms with Gasteiger partial charge in [-0.3, -0.25) is 0 Å². The van der Waals surface area contributed by atoms with E-state index in [9.17, 15) is 5.11 Å². The molecule has 128 valence electrons. The van der Waals surface area contributed by atoms with Gasteiger partial charge in [-0.2, -0.15) is 0 Å². The maximum absolute atomic E-state index is 10.3. The molecule has 3 nitrogen and oxygen atoms in total. The number of aliphatic hydroxyl groups is 1. The molecule has 2 atom stereocenters. The molecule has 0 aromatic heterocycles. The largest absolute Gasteiger partial charge is 0.497 e. The summed E-state index contributed by atoms with van der Waals surface area (Å²) in [4.78, 5) is 0. The van der Waals surface area contributed by atoms with Gasteiger partial charge in [0.2, 0.25) is 0 Å². The number of hydrogen-bond acceptors (Lipinski definition) is 3. The zero-order valence-corrected chi connectivity index (χ0v) is 14.6. The predicted molar refractivity (Wildman–Crippen MR) is 97.9 cm³/mol. The summed E-state index contributed by atoms with van der Waals surface area (Å²) in [5.41, 5.74) is 3.29. The van der Waals surface area contributed by atoms with Crippen molar-refractivity contribution in [2.75, 3.05) is 13.7 Å². The van der Waals surface area contributed by atoms with Crippen LogP contribution >= 0.6 is 0 Å². The van der Waals surface area contributed by atoms with Crippen LogP contribution in [0.1, 0.15) is 25.0 Å². The molecule has 0 aliphatic heterocycles. The molecule has 0 amide bonds. The Hall–Kier alpha value is -2.10. The Morgan fingerprint density at radius 1 is 1.08 bits per heavy atom. The molecule has 1 N–H and O–H groups in total. The lowest BCUT2D eigenvalue weighted by molar-refractivity contribution is 0.0473. The first-order valence-corrected chi connectivity index (χ1v) is 8.22. The molecule has 2 aromatic carbocycles. The first-order chi connectivity index (χ1) is 11.6. The van der Waals surface area contributed by atoms with E-state index in [1.165, 1.54) is 0 Å². The Bertz CT molecular complexity index is 632. The van der Waals surface area contributed by atoms with E-state index in [-0.39, 0.29) is 5.92 Å². The molecule has 0 aliphatic rings. The molecule has 1 unspecified atom stereocenters. The van der Waals surface area contributed by atoms with E-state index >= 15 is 0 Å². The van der Waals surface area contributed by atoms with Crippen LogP contribution in [0.4, 0.5) is 0 Å². The lowest BCUT2D eigenvalue weighted by atomic mass is 10.00. The highest BCUT2D eigenvalue weighted by atomic mass is 16.5.